The van der Waals surface area contributed by atoms with Gasteiger partial charge in [0.2, 0.25) is 10.0 Å². The van der Waals surface area contributed by atoms with Gasteiger partial charge in [0.15, 0.2) is 0 Å². The number of piperidine rings is 1. The summed E-state index contributed by atoms with van der Waals surface area (Å²) in [5, 5.41) is 8.02. The normalized spacial score (nSPS) is 30.0. The van der Waals surface area contributed by atoms with Crippen LogP contribution in [-0.2, 0) is 16.6 Å². The minimum absolute atomic E-state index is 0.00678. The lowest BCUT2D eigenvalue weighted by Gasteiger charge is -2.22. The number of hydrogen-bond acceptors (Lipinski definition) is 4. The van der Waals surface area contributed by atoms with Gasteiger partial charge in [-0.25, -0.2) is 13.1 Å². The first-order valence-electron chi connectivity index (χ1n) is 8.26. The molecule has 1 saturated carbocycles. The van der Waals surface area contributed by atoms with Gasteiger partial charge in [-0.1, -0.05) is 0 Å². The number of nitrogens with zero attached hydrogens (tertiary/aromatic N) is 2. The third kappa shape index (κ3) is 2.39. The molecule has 0 amide bonds. The van der Waals surface area contributed by atoms with Crippen molar-refractivity contribution in [2.75, 3.05) is 13.1 Å². The van der Waals surface area contributed by atoms with E-state index in [2.05, 4.69) is 28.3 Å². The van der Waals surface area contributed by atoms with Gasteiger partial charge in [0.05, 0.1) is 17.0 Å². The van der Waals surface area contributed by atoms with Crippen LogP contribution in [-0.4, -0.2) is 42.1 Å². The van der Waals surface area contributed by atoms with Crippen molar-refractivity contribution in [3.63, 3.8) is 0 Å². The first-order valence-corrected chi connectivity index (χ1v) is 9.74. The van der Waals surface area contributed by atoms with Crippen LogP contribution < -0.4 is 10.0 Å². The molecule has 0 radical (unpaired) electrons. The Morgan fingerprint density at radius 3 is 2.73 bits per heavy atom. The first-order chi connectivity index (χ1) is 10.5. The second kappa shape index (κ2) is 5.04. The summed E-state index contributed by atoms with van der Waals surface area (Å²) in [7, 11) is -3.11. The van der Waals surface area contributed by atoms with Crippen LogP contribution in [0.3, 0.4) is 0 Å². The molecule has 2 aliphatic heterocycles. The molecule has 3 aliphatic rings. The fourth-order valence-electron chi connectivity index (χ4n) is 4.05. The highest BCUT2D eigenvalue weighted by Gasteiger charge is 2.60. The Morgan fingerprint density at radius 1 is 1.36 bits per heavy atom. The lowest BCUT2D eigenvalue weighted by atomic mass is 9.91. The summed E-state index contributed by atoms with van der Waals surface area (Å²) in [6.45, 7) is 4.85. The summed E-state index contributed by atoms with van der Waals surface area (Å²) >= 11 is 0. The second-order valence-electron chi connectivity index (χ2n) is 7.12. The van der Waals surface area contributed by atoms with Crippen molar-refractivity contribution in [1.82, 2.24) is 19.8 Å². The lowest BCUT2D eigenvalue weighted by Crippen LogP contribution is -2.31. The first kappa shape index (κ1) is 14.7. The van der Waals surface area contributed by atoms with Gasteiger partial charge < -0.3 is 5.32 Å². The maximum absolute atomic E-state index is 12.1. The Kier molecular flexibility index (Phi) is 3.36. The van der Waals surface area contributed by atoms with Gasteiger partial charge in [0, 0.05) is 12.2 Å². The summed E-state index contributed by atoms with van der Waals surface area (Å²) in [5.41, 5.74) is 2.43. The molecule has 1 aromatic heterocycles. The molecule has 3 fully saturated rings. The fraction of sp³-hybridized carbons (Fsp3) is 0.800. The molecule has 4 rings (SSSR count). The highest BCUT2D eigenvalue weighted by atomic mass is 32.2. The molecule has 1 atom stereocenters. The molecule has 3 heterocycles. The van der Waals surface area contributed by atoms with E-state index >= 15 is 0 Å². The summed E-state index contributed by atoms with van der Waals surface area (Å²) in [4.78, 5) is 0. The average Bonchev–Trinajstić information content (AvgIpc) is 3.11. The SMILES string of the molecule is Cc1nn(C[C@@H]2CC3(CC3)S(=O)(=O)N2)cc1C1CCNCC1. The van der Waals surface area contributed by atoms with Crippen LogP contribution in [0.4, 0.5) is 0 Å². The molecule has 1 aromatic rings. The van der Waals surface area contributed by atoms with Gasteiger partial charge in [-0.15, -0.1) is 0 Å². The molecule has 6 nitrogen and oxygen atoms in total. The van der Waals surface area contributed by atoms with Crippen molar-refractivity contribution in [2.45, 2.75) is 62.3 Å². The van der Waals surface area contributed by atoms with E-state index < -0.39 is 14.8 Å². The Hall–Kier alpha value is -0.920. The molecule has 2 saturated heterocycles. The molecule has 1 spiro atoms. The number of aryl methyl sites for hydroxylation is 1. The lowest BCUT2D eigenvalue weighted by molar-refractivity contribution is 0.456. The molecular formula is C15H24N4O2S. The van der Waals surface area contributed by atoms with Crippen molar-refractivity contribution in [3.05, 3.63) is 17.5 Å². The molecule has 2 N–H and O–H groups in total. The van der Waals surface area contributed by atoms with Crippen LogP contribution in [0.2, 0.25) is 0 Å². The van der Waals surface area contributed by atoms with E-state index in [1.165, 1.54) is 5.56 Å². The van der Waals surface area contributed by atoms with E-state index in [0.29, 0.717) is 12.5 Å². The second-order valence-corrected chi connectivity index (χ2v) is 9.23. The predicted molar refractivity (Wildman–Crippen MR) is 84.2 cm³/mol. The van der Waals surface area contributed by atoms with E-state index in [0.717, 1.165) is 50.9 Å². The standard InChI is InChI=1S/C15H24N4O2S/c1-11-14(12-2-6-16-7-3-12)10-19(17-11)9-13-8-15(4-5-15)22(20,21)18-13/h10,12-13,16,18H,2-9H2,1H3/t13-/m0/s1. The third-order valence-corrected chi connectivity index (χ3v) is 7.85. The van der Waals surface area contributed by atoms with Crippen LogP contribution in [0.25, 0.3) is 0 Å². The number of sulfonamides is 1. The fourth-order valence-corrected chi connectivity index (χ4v) is 5.95. The molecular weight excluding hydrogens is 300 g/mol. The molecule has 22 heavy (non-hydrogen) atoms. The molecule has 1 aliphatic carbocycles. The van der Waals surface area contributed by atoms with E-state index in [-0.39, 0.29) is 6.04 Å². The molecule has 0 unspecified atom stereocenters. The van der Waals surface area contributed by atoms with Gasteiger partial charge in [-0.2, -0.15) is 5.10 Å². The highest BCUT2D eigenvalue weighted by molar-refractivity contribution is 7.91. The minimum atomic E-state index is -3.11. The Morgan fingerprint density at radius 2 is 2.09 bits per heavy atom. The summed E-state index contributed by atoms with van der Waals surface area (Å²) in [6.07, 6.45) is 6.82. The summed E-state index contributed by atoms with van der Waals surface area (Å²) in [5.74, 6) is 0.588. The van der Waals surface area contributed by atoms with Crippen LogP contribution in [0.5, 0.6) is 0 Å². The molecule has 7 heteroatoms. The van der Waals surface area contributed by atoms with Crippen LogP contribution in [0, 0.1) is 6.92 Å². The van der Waals surface area contributed by atoms with Crippen molar-refractivity contribution in [3.8, 4) is 0 Å². The van der Waals surface area contributed by atoms with Gasteiger partial charge >= 0.3 is 0 Å². The van der Waals surface area contributed by atoms with Gasteiger partial charge in [0.25, 0.3) is 0 Å². The zero-order chi connectivity index (χ0) is 15.4. The van der Waals surface area contributed by atoms with E-state index in [1.807, 2.05) is 4.68 Å². The Labute approximate surface area is 131 Å². The number of hydrogen-bond donors (Lipinski definition) is 2. The quantitative estimate of drug-likeness (QED) is 0.865. The van der Waals surface area contributed by atoms with Crippen LogP contribution in [0.1, 0.15) is 49.3 Å². The van der Waals surface area contributed by atoms with Gasteiger partial charge in [0.1, 0.15) is 0 Å². The van der Waals surface area contributed by atoms with Crippen molar-refractivity contribution in [2.24, 2.45) is 0 Å². The van der Waals surface area contributed by atoms with Gasteiger partial charge in [-0.3, -0.25) is 4.68 Å². The number of aromatic nitrogens is 2. The van der Waals surface area contributed by atoms with Crippen molar-refractivity contribution < 1.29 is 8.42 Å². The summed E-state index contributed by atoms with van der Waals surface area (Å²) in [6, 6.07) is -0.00678. The van der Waals surface area contributed by atoms with Crippen LogP contribution >= 0.6 is 0 Å². The largest absolute Gasteiger partial charge is 0.317 e. The number of rotatable bonds is 3. The number of nitrogens with one attached hydrogen (secondary N) is 2. The van der Waals surface area contributed by atoms with Crippen molar-refractivity contribution >= 4 is 10.0 Å². The molecule has 0 bridgehead atoms. The summed E-state index contributed by atoms with van der Waals surface area (Å²) < 4.78 is 28.6. The third-order valence-electron chi connectivity index (χ3n) is 5.49. The highest BCUT2D eigenvalue weighted by Crippen LogP contribution is 2.50. The maximum atomic E-state index is 12.1. The monoisotopic (exact) mass is 324 g/mol. The van der Waals surface area contributed by atoms with Gasteiger partial charge in [-0.05, 0) is 63.6 Å². The van der Waals surface area contributed by atoms with E-state index in [4.69, 9.17) is 0 Å². The average molecular weight is 324 g/mol. The van der Waals surface area contributed by atoms with Crippen LogP contribution in [0.15, 0.2) is 6.20 Å². The predicted octanol–water partition coefficient (Wildman–Crippen LogP) is 0.883. The Balaban J connectivity index is 1.48. The van der Waals surface area contributed by atoms with E-state index in [1.54, 1.807) is 0 Å². The topological polar surface area (TPSA) is 76.0 Å². The zero-order valence-corrected chi connectivity index (χ0v) is 13.8. The van der Waals surface area contributed by atoms with Crippen molar-refractivity contribution in [1.29, 1.82) is 0 Å². The van der Waals surface area contributed by atoms with E-state index in [9.17, 15) is 8.42 Å². The molecule has 0 aromatic carbocycles. The smallest absolute Gasteiger partial charge is 0.217 e. The molecule has 122 valence electrons. The maximum Gasteiger partial charge on any atom is 0.217 e. The Bertz CT molecular complexity index is 672. The zero-order valence-electron chi connectivity index (χ0n) is 13.0. The minimum Gasteiger partial charge on any atom is -0.317 e.